The minimum Gasteiger partial charge on any atom is -0.200 e. The minimum atomic E-state index is -3.88. The quantitative estimate of drug-likeness (QED) is 0.461. The van der Waals surface area contributed by atoms with Crippen LogP contribution in [0.1, 0.15) is 23.6 Å². The van der Waals surface area contributed by atoms with Gasteiger partial charge in [0.2, 0.25) is 0 Å². The van der Waals surface area contributed by atoms with Crippen LogP contribution < -0.4 is 0 Å². The maximum atomic E-state index is 13.4. The first-order chi connectivity index (χ1) is 13.9. The van der Waals surface area contributed by atoms with Gasteiger partial charge in [-0.15, -0.1) is 0 Å². The second-order valence-corrected chi connectivity index (χ2v) is 9.58. The van der Waals surface area contributed by atoms with Gasteiger partial charge in [-0.1, -0.05) is 71.2 Å². The van der Waals surface area contributed by atoms with E-state index in [2.05, 4.69) is 5.10 Å². The molecule has 3 aromatic carbocycles. The number of hydrazone groups is 1. The van der Waals surface area contributed by atoms with Gasteiger partial charge in [-0.2, -0.15) is 17.9 Å². The molecule has 1 heterocycles. The highest BCUT2D eigenvalue weighted by molar-refractivity contribution is 7.89. The van der Waals surface area contributed by atoms with E-state index in [0.717, 1.165) is 11.1 Å². The van der Waals surface area contributed by atoms with Gasteiger partial charge in [0.25, 0.3) is 10.0 Å². The van der Waals surface area contributed by atoms with Crippen molar-refractivity contribution in [2.75, 3.05) is 0 Å². The Hall–Kier alpha value is -2.05. The molecule has 1 atom stereocenters. The summed E-state index contributed by atoms with van der Waals surface area (Å²) in [6, 6.07) is 20.2. The van der Waals surface area contributed by atoms with Gasteiger partial charge in [0.1, 0.15) is 0 Å². The van der Waals surface area contributed by atoms with E-state index in [4.69, 9.17) is 34.8 Å². The van der Waals surface area contributed by atoms with Crippen molar-refractivity contribution in [3.63, 3.8) is 0 Å². The number of halogens is 3. The summed E-state index contributed by atoms with van der Waals surface area (Å²) >= 11 is 18.1. The molecule has 3 aromatic rings. The topological polar surface area (TPSA) is 49.7 Å². The molecule has 0 spiro atoms. The van der Waals surface area contributed by atoms with Crippen LogP contribution in [0.4, 0.5) is 0 Å². The largest absolute Gasteiger partial charge is 0.279 e. The van der Waals surface area contributed by atoms with E-state index in [1.165, 1.54) is 16.5 Å². The van der Waals surface area contributed by atoms with Gasteiger partial charge >= 0.3 is 0 Å². The molecule has 0 fully saturated rings. The number of sulfonamides is 1. The predicted octanol–water partition coefficient (Wildman–Crippen LogP) is 6.19. The van der Waals surface area contributed by atoms with Crippen molar-refractivity contribution < 1.29 is 8.42 Å². The van der Waals surface area contributed by atoms with E-state index in [0.29, 0.717) is 27.2 Å². The van der Waals surface area contributed by atoms with Gasteiger partial charge in [-0.05, 0) is 47.5 Å². The second-order valence-electron chi connectivity index (χ2n) is 6.54. The smallest absolute Gasteiger partial charge is 0.200 e. The molecule has 0 bridgehead atoms. The molecular weight excluding hydrogens is 451 g/mol. The third-order valence-electron chi connectivity index (χ3n) is 4.67. The van der Waals surface area contributed by atoms with Crippen LogP contribution in [0.3, 0.4) is 0 Å². The van der Waals surface area contributed by atoms with Gasteiger partial charge < -0.3 is 0 Å². The fraction of sp³-hybridized carbons (Fsp3) is 0.0952. The van der Waals surface area contributed by atoms with Crippen LogP contribution in [-0.2, 0) is 10.0 Å². The number of rotatable bonds is 4. The molecule has 1 aliphatic rings. The molecule has 0 saturated carbocycles. The highest BCUT2D eigenvalue weighted by Crippen LogP contribution is 2.38. The molecule has 1 unspecified atom stereocenters. The lowest BCUT2D eigenvalue weighted by Gasteiger charge is -2.23. The van der Waals surface area contributed by atoms with E-state index < -0.39 is 16.1 Å². The van der Waals surface area contributed by atoms with Crippen LogP contribution in [-0.4, -0.2) is 18.5 Å². The average molecular weight is 466 g/mol. The molecule has 0 N–H and O–H groups in total. The maximum Gasteiger partial charge on any atom is 0.279 e. The van der Waals surface area contributed by atoms with Crippen molar-refractivity contribution in [2.24, 2.45) is 5.10 Å². The summed E-state index contributed by atoms with van der Waals surface area (Å²) < 4.78 is 27.9. The first kappa shape index (κ1) is 20.2. The predicted molar refractivity (Wildman–Crippen MR) is 117 cm³/mol. The standard InChI is InChI=1S/C21H15Cl3N2O2S/c22-16-7-9-17(10-8-16)29(27,28)26-21(14-4-2-1-3-5-14)13-20(25-26)15-6-11-18(23)19(24)12-15/h1-12,21H,13H2. The SMILES string of the molecule is O=S(=O)(c1ccc(Cl)cc1)N1N=C(c2ccc(Cl)c(Cl)c2)CC1c1ccccc1. The van der Waals surface area contributed by atoms with Gasteiger partial charge in [0.05, 0.1) is 26.7 Å². The third-order valence-corrected chi connectivity index (χ3v) is 7.36. The fourth-order valence-electron chi connectivity index (χ4n) is 3.20. The molecule has 4 nitrogen and oxygen atoms in total. The maximum absolute atomic E-state index is 13.4. The summed E-state index contributed by atoms with van der Waals surface area (Å²) in [6.07, 6.45) is 0.412. The van der Waals surface area contributed by atoms with Crippen molar-refractivity contribution in [2.45, 2.75) is 17.4 Å². The number of benzene rings is 3. The molecule has 0 radical (unpaired) electrons. The van der Waals surface area contributed by atoms with Crippen LogP contribution in [0.5, 0.6) is 0 Å². The summed E-state index contributed by atoms with van der Waals surface area (Å²) in [6.45, 7) is 0. The van der Waals surface area contributed by atoms with E-state index >= 15 is 0 Å². The zero-order chi connectivity index (χ0) is 20.6. The van der Waals surface area contributed by atoms with Crippen molar-refractivity contribution in [1.29, 1.82) is 0 Å². The van der Waals surface area contributed by atoms with Crippen LogP contribution >= 0.6 is 34.8 Å². The van der Waals surface area contributed by atoms with E-state index in [1.807, 2.05) is 30.3 Å². The average Bonchev–Trinajstić information content (AvgIpc) is 3.17. The Bertz CT molecular complexity index is 1180. The van der Waals surface area contributed by atoms with Gasteiger partial charge in [0, 0.05) is 11.4 Å². The van der Waals surface area contributed by atoms with Crippen LogP contribution in [0.15, 0.2) is 82.8 Å². The fourth-order valence-corrected chi connectivity index (χ4v) is 5.06. The number of nitrogens with zero attached hydrogens (tertiary/aromatic N) is 2. The Morgan fingerprint density at radius 1 is 0.862 bits per heavy atom. The van der Waals surface area contributed by atoms with Crippen molar-refractivity contribution >= 4 is 50.5 Å². The molecule has 8 heteroatoms. The monoisotopic (exact) mass is 464 g/mol. The Morgan fingerprint density at radius 3 is 2.21 bits per heavy atom. The molecule has 4 rings (SSSR count). The lowest BCUT2D eigenvalue weighted by molar-refractivity contribution is 0.371. The molecule has 0 saturated heterocycles. The first-order valence-corrected chi connectivity index (χ1v) is 11.3. The lowest BCUT2D eigenvalue weighted by atomic mass is 9.99. The Morgan fingerprint density at radius 2 is 1.55 bits per heavy atom. The summed E-state index contributed by atoms with van der Waals surface area (Å²) in [5.41, 5.74) is 2.20. The zero-order valence-corrected chi connectivity index (χ0v) is 18.1. The zero-order valence-electron chi connectivity index (χ0n) is 15.0. The summed E-state index contributed by atoms with van der Waals surface area (Å²) in [5, 5.41) is 5.77. The summed E-state index contributed by atoms with van der Waals surface area (Å²) in [7, 11) is -3.88. The van der Waals surface area contributed by atoms with Gasteiger partial charge in [-0.3, -0.25) is 0 Å². The van der Waals surface area contributed by atoms with Gasteiger partial charge in [0.15, 0.2) is 0 Å². The first-order valence-electron chi connectivity index (χ1n) is 8.74. The van der Waals surface area contributed by atoms with Crippen molar-refractivity contribution in [3.8, 4) is 0 Å². The van der Waals surface area contributed by atoms with Crippen molar-refractivity contribution in [1.82, 2.24) is 4.41 Å². The van der Waals surface area contributed by atoms with Gasteiger partial charge in [-0.25, -0.2) is 0 Å². The number of hydrogen-bond acceptors (Lipinski definition) is 3. The Balaban J connectivity index is 1.80. The summed E-state index contributed by atoms with van der Waals surface area (Å²) in [5.74, 6) is 0. The highest BCUT2D eigenvalue weighted by atomic mass is 35.5. The highest BCUT2D eigenvalue weighted by Gasteiger charge is 2.37. The minimum absolute atomic E-state index is 0.127. The molecular formula is C21H15Cl3N2O2S. The molecule has 0 aliphatic carbocycles. The second kappa shape index (κ2) is 8.00. The van der Waals surface area contributed by atoms with Crippen LogP contribution in [0.2, 0.25) is 15.1 Å². The molecule has 0 amide bonds. The Labute approximate surface area is 184 Å². The normalized spacial score (nSPS) is 16.7. The van der Waals surface area contributed by atoms with E-state index in [1.54, 1.807) is 30.3 Å². The molecule has 1 aliphatic heterocycles. The van der Waals surface area contributed by atoms with E-state index in [-0.39, 0.29) is 4.90 Å². The summed E-state index contributed by atoms with van der Waals surface area (Å²) in [4.78, 5) is 0.127. The lowest BCUT2D eigenvalue weighted by Crippen LogP contribution is -2.27. The molecule has 29 heavy (non-hydrogen) atoms. The molecule has 148 valence electrons. The molecule has 0 aromatic heterocycles. The van der Waals surface area contributed by atoms with Crippen molar-refractivity contribution in [3.05, 3.63) is 99.0 Å². The third kappa shape index (κ3) is 4.01. The van der Waals surface area contributed by atoms with E-state index in [9.17, 15) is 8.42 Å². The van der Waals surface area contributed by atoms with Crippen LogP contribution in [0.25, 0.3) is 0 Å². The van der Waals surface area contributed by atoms with Crippen LogP contribution in [0, 0.1) is 0 Å². The number of hydrogen-bond donors (Lipinski definition) is 0. The Kier molecular flexibility index (Phi) is 5.58.